The zero-order chi connectivity index (χ0) is 9.80. The van der Waals surface area contributed by atoms with E-state index in [1.54, 1.807) is 11.9 Å². The molecule has 0 spiro atoms. The highest BCUT2D eigenvalue weighted by Crippen LogP contribution is 2.38. The van der Waals surface area contributed by atoms with Gasteiger partial charge in [-0.15, -0.1) is 0 Å². The van der Waals surface area contributed by atoms with Gasteiger partial charge in [-0.05, 0) is 12.1 Å². The molecule has 1 aliphatic rings. The number of rotatable bonds is 3. The smallest absolute Gasteiger partial charge is 0.185 e. The van der Waals surface area contributed by atoms with Crippen LogP contribution in [-0.2, 0) is 0 Å². The van der Waals surface area contributed by atoms with Crippen molar-refractivity contribution >= 4 is 17.6 Å². The van der Waals surface area contributed by atoms with Crippen LogP contribution >= 0.6 is 11.9 Å². The van der Waals surface area contributed by atoms with Gasteiger partial charge in [-0.2, -0.15) is 0 Å². The van der Waals surface area contributed by atoms with Gasteiger partial charge < -0.3 is 14.2 Å². The second kappa shape index (κ2) is 4.46. The van der Waals surface area contributed by atoms with Crippen LogP contribution in [-0.4, -0.2) is 19.0 Å². The van der Waals surface area contributed by atoms with Crippen LogP contribution in [0.4, 0.5) is 5.69 Å². The summed E-state index contributed by atoms with van der Waals surface area (Å²) >= 11 is 1.65. The molecule has 3 nitrogen and oxygen atoms in total. The van der Waals surface area contributed by atoms with Crippen molar-refractivity contribution in [3.8, 4) is 11.5 Å². The number of hydrogen-bond acceptors (Lipinski definition) is 4. The number of para-hydroxylation sites is 1. The van der Waals surface area contributed by atoms with E-state index in [0.29, 0.717) is 13.2 Å². The Morgan fingerprint density at radius 2 is 2.21 bits per heavy atom. The number of fused-ring (bicyclic) bond motifs is 1. The summed E-state index contributed by atoms with van der Waals surface area (Å²) in [5.74, 6) is 2.68. The Labute approximate surface area is 87.9 Å². The number of anilines is 1. The standard InChI is InChI=1S/C10H13NO2S/c1-2-14-11-8-4-3-5-9-10(8)13-7-6-12-9/h3-5,11H,2,6-7H2,1H3. The van der Waals surface area contributed by atoms with Gasteiger partial charge in [0.25, 0.3) is 0 Å². The quantitative estimate of drug-likeness (QED) is 0.778. The number of benzene rings is 1. The van der Waals surface area contributed by atoms with Crippen molar-refractivity contribution in [2.45, 2.75) is 6.92 Å². The monoisotopic (exact) mass is 211 g/mol. The van der Waals surface area contributed by atoms with E-state index in [4.69, 9.17) is 9.47 Å². The third-order valence-corrected chi connectivity index (χ3v) is 2.55. The molecule has 0 fully saturated rings. The molecule has 0 saturated carbocycles. The molecule has 14 heavy (non-hydrogen) atoms. The summed E-state index contributed by atoms with van der Waals surface area (Å²) in [5.41, 5.74) is 0.994. The molecule has 0 bridgehead atoms. The Morgan fingerprint density at radius 1 is 1.36 bits per heavy atom. The Hall–Kier alpha value is -1.03. The van der Waals surface area contributed by atoms with Crippen molar-refractivity contribution in [3.63, 3.8) is 0 Å². The lowest BCUT2D eigenvalue weighted by atomic mass is 10.2. The summed E-state index contributed by atoms with van der Waals surface area (Å²) in [5, 5.41) is 0. The van der Waals surface area contributed by atoms with E-state index in [2.05, 4.69) is 11.6 Å². The highest BCUT2D eigenvalue weighted by atomic mass is 32.2. The highest BCUT2D eigenvalue weighted by Gasteiger charge is 2.14. The fourth-order valence-electron chi connectivity index (χ4n) is 1.30. The zero-order valence-electron chi connectivity index (χ0n) is 8.08. The maximum Gasteiger partial charge on any atom is 0.185 e. The Balaban J connectivity index is 2.21. The molecular weight excluding hydrogens is 198 g/mol. The van der Waals surface area contributed by atoms with Gasteiger partial charge in [0, 0.05) is 5.75 Å². The van der Waals surface area contributed by atoms with E-state index >= 15 is 0 Å². The third kappa shape index (κ3) is 1.90. The topological polar surface area (TPSA) is 30.5 Å². The van der Waals surface area contributed by atoms with E-state index in [-0.39, 0.29) is 0 Å². The maximum absolute atomic E-state index is 5.55. The first-order chi connectivity index (χ1) is 6.92. The molecule has 0 aliphatic carbocycles. The third-order valence-electron chi connectivity index (χ3n) is 1.89. The summed E-state index contributed by atoms with van der Waals surface area (Å²) in [6.45, 7) is 3.37. The molecule has 0 radical (unpaired) electrons. The van der Waals surface area contributed by atoms with Crippen LogP contribution in [0.3, 0.4) is 0 Å². The minimum Gasteiger partial charge on any atom is -0.486 e. The molecule has 76 valence electrons. The molecule has 0 aromatic heterocycles. The van der Waals surface area contributed by atoms with Gasteiger partial charge in [0.15, 0.2) is 11.5 Å². The Kier molecular flexibility index (Phi) is 3.03. The number of hydrogen-bond donors (Lipinski definition) is 1. The first kappa shape index (κ1) is 9.52. The molecule has 1 aliphatic heterocycles. The van der Waals surface area contributed by atoms with Crippen molar-refractivity contribution < 1.29 is 9.47 Å². The minimum atomic E-state index is 0.627. The minimum absolute atomic E-state index is 0.627. The molecule has 0 atom stereocenters. The van der Waals surface area contributed by atoms with Gasteiger partial charge in [-0.25, -0.2) is 0 Å². The first-order valence-corrected chi connectivity index (χ1v) is 5.67. The lowest BCUT2D eigenvalue weighted by Gasteiger charge is -2.20. The SMILES string of the molecule is CCSNc1cccc2c1OCCO2. The Morgan fingerprint density at radius 3 is 3.07 bits per heavy atom. The zero-order valence-corrected chi connectivity index (χ0v) is 8.89. The molecule has 0 saturated heterocycles. The second-order valence-corrected chi connectivity index (χ2v) is 3.93. The predicted octanol–water partition coefficient (Wildman–Crippen LogP) is 2.54. The maximum atomic E-state index is 5.55. The van der Waals surface area contributed by atoms with Crippen LogP contribution in [0.1, 0.15) is 6.92 Å². The first-order valence-electron chi connectivity index (χ1n) is 4.68. The van der Waals surface area contributed by atoms with E-state index < -0.39 is 0 Å². The molecule has 1 N–H and O–H groups in total. The van der Waals surface area contributed by atoms with Crippen LogP contribution in [0.2, 0.25) is 0 Å². The molecule has 0 unspecified atom stereocenters. The fourth-order valence-corrected chi connectivity index (χ4v) is 1.76. The van der Waals surface area contributed by atoms with Gasteiger partial charge in [0.05, 0.1) is 5.69 Å². The summed E-state index contributed by atoms with van der Waals surface area (Å²) in [6, 6.07) is 5.89. The molecule has 1 aromatic carbocycles. The lowest BCUT2D eigenvalue weighted by molar-refractivity contribution is 0.172. The van der Waals surface area contributed by atoms with E-state index in [0.717, 1.165) is 22.9 Å². The van der Waals surface area contributed by atoms with Gasteiger partial charge in [-0.3, -0.25) is 0 Å². The summed E-state index contributed by atoms with van der Waals surface area (Å²) in [7, 11) is 0. The summed E-state index contributed by atoms with van der Waals surface area (Å²) in [4.78, 5) is 0. The largest absolute Gasteiger partial charge is 0.486 e. The molecule has 1 heterocycles. The van der Waals surface area contributed by atoms with E-state index in [9.17, 15) is 0 Å². The lowest BCUT2D eigenvalue weighted by Crippen LogP contribution is -2.16. The van der Waals surface area contributed by atoms with E-state index in [1.165, 1.54) is 0 Å². The van der Waals surface area contributed by atoms with Crippen LogP contribution in [0.15, 0.2) is 18.2 Å². The van der Waals surface area contributed by atoms with Crippen molar-refractivity contribution in [2.24, 2.45) is 0 Å². The van der Waals surface area contributed by atoms with Crippen molar-refractivity contribution in [2.75, 3.05) is 23.7 Å². The van der Waals surface area contributed by atoms with Crippen molar-refractivity contribution in [3.05, 3.63) is 18.2 Å². The van der Waals surface area contributed by atoms with Crippen LogP contribution < -0.4 is 14.2 Å². The number of ether oxygens (including phenoxy) is 2. The number of nitrogens with one attached hydrogen (secondary N) is 1. The van der Waals surface area contributed by atoms with Gasteiger partial charge in [0.2, 0.25) is 0 Å². The predicted molar refractivity (Wildman–Crippen MR) is 59.2 cm³/mol. The van der Waals surface area contributed by atoms with Gasteiger partial charge in [-0.1, -0.05) is 24.9 Å². The Bertz CT molecular complexity index is 317. The van der Waals surface area contributed by atoms with Gasteiger partial charge in [0.1, 0.15) is 13.2 Å². The average Bonchev–Trinajstić information content (AvgIpc) is 2.26. The van der Waals surface area contributed by atoms with Gasteiger partial charge >= 0.3 is 0 Å². The fraction of sp³-hybridized carbons (Fsp3) is 0.400. The van der Waals surface area contributed by atoms with E-state index in [1.807, 2.05) is 18.2 Å². The molecular formula is C10H13NO2S. The molecule has 4 heteroatoms. The average molecular weight is 211 g/mol. The van der Waals surface area contributed by atoms with Crippen molar-refractivity contribution in [1.29, 1.82) is 0 Å². The molecule has 0 amide bonds. The summed E-state index contributed by atoms with van der Waals surface area (Å²) < 4.78 is 14.3. The molecule has 2 rings (SSSR count). The summed E-state index contributed by atoms with van der Waals surface area (Å²) in [6.07, 6.45) is 0. The second-order valence-electron chi connectivity index (χ2n) is 2.86. The van der Waals surface area contributed by atoms with Crippen molar-refractivity contribution in [1.82, 2.24) is 0 Å². The van der Waals surface area contributed by atoms with Crippen LogP contribution in [0.25, 0.3) is 0 Å². The normalized spacial score (nSPS) is 13.8. The van der Waals surface area contributed by atoms with Crippen LogP contribution in [0, 0.1) is 0 Å². The highest BCUT2D eigenvalue weighted by molar-refractivity contribution is 8.00. The van der Waals surface area contributed by atoms with Crippen LogP contribution in [0.5, 0.6) is 11.5 Å². The molecule has 1 aromatic rings.